The van der Waals surface area contributed by atoms with Gasteiger partial charge < -0.3 is 4.98 Å². The van der Waals surface area contributed by atoms with Gasteiger partial charge in [0.25, 0.3) is 0 Å². The molecule has 0 amide bonds. The van der Waals surface area contributed by atoms with E-state index in [1.807, 2.05) is 0 Å². The average Bonchev–Trinajstić information content (AvgIpc) is 3.46. The van der Waals surface area contributed by atoms with E-state index in [0.29, 0.717) is 0 Å². The fourth-order valence-corrected chi connectivity index (χ4v) is 6.62. The van der Waals surface area contributed by atoms with E-state index in [4.69, 9.17) is 9.97 Å². The first-order valence-electron chi connectivity index (χ1n) is 16.9. The van der Waals surface area contributed by atoms with Gasteiger partial charge in [-0.15, -0.1) is 34.3 Å². The summed E-state index contributed by atoms with van der Waals surface area (Å²) in [6.45, 7) is 18.0. The number of hydrogen-bond donors (Lipinski definition) is 0. The van der Waals surface area contributed by atoms with Gasteiger partial charge in [-0.2, -0.15) is 35.9 Å². The number of fused-ring (bicyclic) bond motifs is 3. The van der Waals surface area contributed by atoms with Crippen LogP contribution >= 0.6 is 0 Å². The van der Waals surface area contributed by atoms with E-state index in [-0.39, 0.29) is 38.6 Å². The molecule has 2 nitrogen and oxygen atoms in total. The van der Waals surface area contributed by atoms with Gasteiger partial charge in [0.1, 0.15) is 0 Å². The summed E-state index contributed by atoms with van der Waals surface area (Å²) < 4.78 is 0. The number of pyridine rings is 1. The fraction of sp³-hybridized carbons (Fsp3) is 0.239. The summed E-state index contributed by atoms with van der Waals surface area (Å²) in [6, 6.07) is 48.5. The van der Waals surface area contributed by atoms with Gasteiger partial charge in [-0.05, 0) is 38.8 Å². The molecule has 2 heterocycles. The first-order valence-corrected chi connectivity index (χ1v) is 16.9. The molecule has 0 aliphatic heterocycles. The van der Waals surface area contributed by atoms with Crippen molar-refractivity contribution in [3.8, 4) is 33.5 Å². The minimum absolute atomic E-state index is 0. The second-order valence-corrected chi connectivity index (χ2v) is 15.6. The number of hydrogen-bond acceptors (Lipinski definition) is 1. The van der Waals surface area contributed by atoms with Crippen LogP contribution in [-0.4, -0.2) is 4.98 Å². The Morgan fingerprint density at radius 2 is 1.22 bits per heavy atom. The van der Waals surface area contributed by atoms with Crippen molar-refractivity contribution >= 4 is 21.8 Å². The molecule has 0 aliphatic carbocycles. The summed E-state index contributed by atoms with van der Waals surface area (Å²) >= 11 is 0. The van der Waals surface area contributed by atoms with Gasteiger partial charge in [0.05, 0.1) is 0 Å². The van der Waals surface area contributed by atoms with Crippen LogP contribution in [-0.2, 0) is 38.6 Å². The Bertz CT molecular complexity index is 2180. The zero-order valence-electron chi connectivity index (χ0n) is 29.7. The summed E-state index contributed by atoms with van der Waals surface area (Å²) in [5.74, 6) is 0. The molecule has 0 N–H and O–H groups in total. The van der Waals surface area contributed by atoms with Crippen LogP contribution < -0.4 is 4.98 Å². The molecule has 0 aliphatic rings. The van der Waals surface area contributed by atoms with Crippen molar-refractivity contribution in [3.63, 3.8) is 0 Å². The smallest absolute Gasteiger partial charge is 0.657 e. The van der Waals surface area contributed by atoms with E-state index >= 15 is 0 Å². The van der Waals surface area contributed by atoms with Gasteiger partial charge in [-0.25, -0.2) is 5.56 Å². The third-order valence-corrected chi connectivity index (χ3v) is 9.72. The molecule has 0 bridgehead atoms. The minimum Gasteiger partial charge on any atom is -0.657 e. The van der Waals surface area contributed by atoms with E-state index < -0.39 is 0 Å². The second kappa shape index (κ2) is 12.9. The SMILES string of the molecule is CC(C)(C)c1c[c-]c(-c2[c-]c(-c3cccc(C(C)(C)c4cccc5c4[n-]c4ccccc45)n3)cc(-c3ccc(C(C)(C)C)cc3)c2)cc1.[Au+3]. The number of benzene rings is 5. The van der Waals surface area contributed by atoms with Gasteiger partial charge in [-0.1, -0.05) is 145 Å². The van der Waals surface area contributed by atoms with Gasteiger partial charge in [-0.3, -0.25) is 4.98 Å². The number of aromatic nitrogens is 2. The van der Waals surface area contributed by atoms with Crippen molar-refractivity contribution in [2.45, 2.75) is 71.6 Å². The molecule has 0 radical (unpaired) electrons. The standard InChI is InChI=1S/C46H43N2.Au/c1-44(2,3)35-23-19-30(20-24-35)32-27-33(31-21-25-36(26-22-31)45(4,5)6)29-34(28-32)40-17-12-18-42(47-40)46(7,8)39-15-11-14-38-37-13-9-10-16-41(37)48-43(38)39;/h9-21,23-28H,1-8H3;/q-3;+3. The third-order valence-electron chi connectivity index (χ3n) is 9.72. The van der Waals surface area contributed by atoms with Crippen molar-refractivity contribution in [2.75, 3.05) is 0 Å². The Hall–Kier alpha value is -4.21. The minimum atomic E-state index is -0.382. The van der Waals surface area contributed by atoms with Crippen LogP contribution in [0.4, 0.5) is 0 Å². The summed E-state index contributed by atoms with van der Waals surface area (Å²) in [6.07, 6.45) is 0. The summed E-state index contributed by atoms with van der Waals surface area (Å²) in [7, 11) is 0. The average molecular weight is 821 g/mol. The van der Waals surface area contributed by atoms with E-state index in [2.05, 4.69) is 183 Å². The van der Waals surface area contributed by atoms with E-state index in [0.717, 1.165) is 44.7 Å². The van der Waals surface area contributed by atoms with Crippen molar-refractivity contribution < 1.29 is 22.4 Å². The first kappa shape index (κ1) is 34.6. The van der Waals surface area contributed by atoms with Crippen molar-refractivity contribution in [3.05, 3.63) is 150 Å². The largest absolute Gasteiger partial charge is 3.00 e. The van der Waals surface area contributed by atoms with Crippen LogP contribution in [0.1, 0.15) is 77.8 Å². The van der Waals surface area contributed by atoms with Crippen LogP contribution in [0.3, 0.4) is 0 Å². The Morgan fingerprint density at radius 1 is 0.571 bits per heavy atom. The number of para-hydroxylation sites is 2. The van der Waals surface area contributed by atoms with Crippen LogP contribution in [0.5, 0.6) is 0 Å². The molecule has 7 rings (SSSR count). The maximum absolute atomic E-state index is 5.34. The molecular formula is C46H43AuN2. The topological polar surface area (TPSA) is 27.0 Å². The molecular weight excluding hydrogens is 777 g/mol. The maximum Gasteiger partial charge on any atom is 3.00 e. The number of nitrogens with zero attached hydrogens (tertiary/aromatic N) is 2. The van der Waals surface area contributed by atoms with E-state index in [1.165, 1.54) is 33.0 Å². The van der Waals surface area contributed by atoms with Gasteiger partial charge in [0.15, 0.2) is 0 Å². The monoisotopic (exact) mass is 820 g/mol. The zero-order valence-corrected chi connectivity index (χ0v) is 31.8. The molecule has 0 unspecified atom stereocenters. The number of rotatable bonds is 5. The maximum atomic E-state index is 5.34. The van der Waals surface area contributed by atoms with Crippen LogP contribution in [0.25, 0.3) is 55.3 Å². The Morgan fingerprint density at radius 3 is 1.92 bits per heavy atom. The second-order valence-electron chi connectivity index (χ2n) is 15.6. The van der Waals surface area contributed by atoms with Crippen molar-refractivity contribution in [1.29, 1.82) is 0 Å². The molecule has 49 heavy (non-hydrogen) atoms. The van der Waals surface area contributed by atoms with Crippen LogP contribution in [0, 0.1) is 12.1 Å². The molecule has 0 saturated heterocycles. The Kier molecular flexibility index (Phi) is 9.13. The zero-order chi connectivity index (χ0) is 33.8. The van der Waals surface area contributed by atoms with Gasteiger partial charge >= 0.3 is 22.4 Å². The molecule has 0 saturated carbocycles. The normalized spacial score (nSPS) is 12.3. The Balaban J connectivity index is 0.00000417. The summed E-state index contributed by atoms with van der Waals surface area (Å²) in [4.78, 5) is 10.4. The fourth-order valence-electron chi connectivity index (χ4n) is 6.62. The van der Waals surface area contributed by atoms with Gasteiger partial charge in [0.2, 0.25) is 0 Å². The summed E-state index contributed by atoms with van der Waals surface area (Å²) in [5.41, 5.74) is 12.8. The van der Waals surface area contributed by atoms with Crippen LogP contribution in [0.15, 0.2) is 115 Å². The third kappa shape index (κ3) is 6.71. The predicted octanol–water partition coefficient (Wildman–Crippen LogP) is 11.9. The quantitative estimate of drug-likeness (QED) is 0.128. The van der Waals surface area contributed by atoms with Crippen molar-refractivity contribution in [2.24, 2.45) is 0 Å². The molecule has 7 aromatic rings. The molecule has 3 heteroatoms. The molecule has 0 fully saturated rings. The predicted molar refractivity (Wildman–Crippen MR) is 203 cm³/mol. The van der Waals surface area contributed by atoms with Crippen molar-refractivity contribution in [1.82, 2.24) is 9.97 Å². The van der Waals surface area contributed by atoms with Gasteiger partial charge in [0, 0.05) is 16.8 Å². The first-order chi connectivity index (χ1) is 22.8. The summed E-state index contributed by atoms with van der Waals surface area (Å²) in [5, 5.41) is 2.37. The molecule has 0 spiro atoms. The Labute approximate surface area is 307 Å². The molecule has 2 aromatic heterocycles. The molecule has 248 valence electrons. The van der Waals surface area contributed by atoms with Crippen LogP contribution in [0.2, 0.25) is 0 Å². The van der Waals surface area contributed by atoms with E-state index in [9.17, 15) is 0 Å². The molecule has 5 aromatic carbocycles. The molecule has 0 atom stereocenters. The van der Waals surface area contributed by atoms with E-state index in [1.54, 1.807) is 0 Å².